The zero-order valence-electron chi connectivity index (χ0n) is 10.6. The van der Waals surface area contributed by atoms with Crippen molar-refractivity contribution in [2.75, 3.05) is 11.3 Å². The van der Waals surface area contributed by atoms with Crippen molar-refractivity contribution >= 4 is 43.0 Å². The molecule has 0 amide bonds. The van der Waals surface area contributed by atoms with Crippen LogP contribution in [-0.4, -0.2) is 15.0 Å². The molecule has 0 radical (unpaired) electrons. The van der Waals surface area contributed by atoms with Crippen LogP contribution in [0.2, 0.25) is 0 Å². The van der Waals surface area contributed by atoms with Crippen molar-refractivity contribution < 1.29 is 17.2 Å². The summed E-state index contributed by atoms with van der Waals surface area (Å²) in [6.45, 7) is 0.410. The molecule has 1 aromatic carbocycles. The van der Waals surface area contributed by atoms with Gasteiger partial charge in [0.25, 0.3) is 10.0 Å². The van der Waals surface area contributed by atoms with Crippen LogP contribution in [0.15, 0.2) is 32.9 Å². The monoisotopic (exact) mass is 396 g/mol. The molecule has 1 aromatic heterocycles. The zero-order valence-corrected chi connectivity index (χ0v) is 13.8. The second-order valence-electron chi connectivity index (χ2n) is 4.11. The molecule has 0 saturated heterocycles. The minimum atomic E-state index is -3.92. The van der Waals surface area contributed by atoms with Crippen LogP contribution in [0.4, 0.5) is 14.5 Å². The van der Waals surface area contributed by atoms with Gasteiger partial charge in [0.05, 0.1) is 10.2 Å². The Hall–Kier alpha value is -1.03. The van der Waals surface area contributed by atoms with Crippen LogP contribution in [0.25, 0.3) is 0 Å². The molecule has 3 N–H and O–H groups in total. The first kappa shape index (κ1) is 16.3. The van der Waals surface area contributed by atoms with E-state index < -0.39 is 21.7 Å². The van der Waals surface area contributed by atoms with E-state index in [1.165, 1.54) is 6.07 Å². The van der Waals surface area contributed by atoms with Crippen molar-refractivity contribution in [3.63, 3.8) is 0 Å². The van der Waals surface area contributed by atoms with Crippen LogP contribution >= 0.6 is 27.3 Å². The lowest BCUT2D eigenvalue weighted by molar-refractivity contribution is 0.579. The van der Waals surface area contributed by atoms with Crippen LogP contribution in [-0.2, 0) is 16.4 Å². The molecule has 0 bridgehead atoms. The van der Waals surface area contributed by atoms with Crippen molar-refractivity contribution in [3.05, 3.63) is 45.2 Å². The number of thiophene rings is 1. The van der Waals surface area contributed by atoms with Gasteiger partial charge in [0, 0.05) is 10.9 Å². The summed E-state index contributed by atoms with van der Waals surface area (Å²) in [5.74, 6) is -1.80. The molecule has 0 fully saturated rings. The molecule has 2 rings (SSSR count). The maximum Gasteiger partial charge on any atom is 0.271 e. The van der Waals surface area contributed by atoms with Crippen molar-refractivity contribution in [3.8, 4) is 0 Å². The fourth-order valence-corrected chi connectivity index (χ4v) is 4.35. The van der Waals surface area contributed by atoms with Crippen molar-refractivity contribution in [1.82, 2.24) is 0 Å². The second kappa shape index (κ2) is 6.39. The molecule has 0 atom stereocenters. The molecule has 0 unspecified atom stereocenters. The number of sulfonamides is 1. The van der Waals surface area contributed by atoms with Crippen LogP contribution in [0.5, 0.6) is 0 Å². The normalized spacial score (nSPS) is 11.6. The molecule has 21 heavy (non-hydrogen) atoms. The van der Waals surface area contributed by atoms with E-state index in [4.69, 9.17) is 5.73 Å². The summed E-state index contributed by atoms with van der Waals surface area (Å²) in [7, 11) is -3.92. The van der Waals surface area contributed by atoms with Crippen molar-refractivity contribution in [1.29, 1.82) is 0 Å². The fourth-order valence-electron chi connectivity index (χ4n) is 1.58. The first-order chi connectivity index (χ1) is 9.83. The van der Waals surface area contributed by atoms with Crippen LogP contribution in [0, 0.1) is 11.6 Å². The highest BCUT2D eigenvalue weighted by molar-refractivity contribution is 9.10. The Morgan fingerprint density at radius 2 is 1.95 bits per heavy atom. The summed E-state index contributed by atoms with van der Waals surface area (Å²) in [6.07, 6.45) is 0.566. The molecule has 0 aliphatic rings. The summed E-state index contributed by atoms with van der Waals surface area (Å²) in [6, 6.07) is 4.73. The highest BCUT2D eigenvalue weighted by Gasteiger charge is 2.19. The molecule has 0 saturated carbocycles. The Balaban J connectivity index is 2.30. The number of rotatable bonds is 5. The molecule has 0 spiro atoms. The number of nitrogens with one attached hydrogen (secondary N) is 1. The largest absolute Gasteiger partial charge is 0.330 e. The van der Waals surface area contributed by atoms with E-state index in [9.17, 15) is 17.2 Å². The van der Waals surface area contributed by atoms with Gasteiger partial charge in [0.15, 0.2) is 0 Å². The van der Waals surface area contributed by atoms with E-state index in [2.05, 4.69) is 20.7 Å². The predicted octanol–water partition coefficient (Wildman–Crippen LogP) is 3.09. The standard InChI is InChI=1S/C12H11BrF2N2O2S2/c13-8-5-11(10(15)6-9(8)14)17-21(18,19)12-2-1-7(20-12)3-4-16/h1-2,5-6,17H,3-4,16H2. The number of benzene rings is 1. The first-order valence-corrected chi connectivity index (χ1v) is 8.89. The van der Waals surface area contributed by atoms with E-state index in [1.807, 2.05) is 0 Å². The van der Waals surface area contributed by atoms with E-state index in [0.29, 0.717) is 19.0 Å². The molecular formula is C12H11BrF2N2O2S2. The maximum absolute atomic E-state index is 13.6. The molecule has 0 aliphatic heterocycles. The molecule has 9 heteroatoms. The fraction of sp³-hybridized carbons (Fsp3) is 0.167. The Kier molecular flexibility index (Phi) is 4.97. The van der Waals surface area contributed by atoms with Gasteiger partial charge in [0.1, 0.15) is 15.8 Å². The predicted molar refractivity (Wildman–Crippen MR) is 81.9 cm³/mol. The molecule has 1 heterocycles. The maximum atomic E-state index is 13.6. The number of halogens is 3. The minimum Gasteiger partial charge on any atom is -0.330 e. The van der Waals surface area contributed by atoms with E-state index >= 15 is 0 Å². The summed E-state index contributed by atoms with van der Waals surface area (Å²) in [4.78, 5) is 0.818. The lowest BCUT2D eigenvalue weighted by atomic mass is 10.3. The lowest BCUT2D eigenvalue weighted by Gasteiger charge is -2.08. The van der Waals surface area contributed by atoms with Gasteiger partial charge < -0.3 is 5.73 Å². The van der Waals surface area contributed by atoms with Crippen LogP contribution in [0.1, 0.15) is 4.88 Å². The van der Waals surface area contributed by atoms with Crippen molar-refractivity contribution in [2.45, 2.75) is 10.6 Å². The quantitative estimate of drug-likeness (QED) is 0.762. The third kappa shape index (κ3) is 3.79. The molecular weight excluding hydrogens is 386 g/mol. The average molecular weight is 397 g/mol. The van der Waals surface area contributed by atoms with Gasteiger partial charge in [-0.05, 0) is 47.1 Å². The lowest BCUT2D eigenvalue weighted by Crippen LogP contribution is -2.13. The molecule has 4 nitrogen and oxygen atoms in total. The summed E-state index contributed by atoms with van der Waals surface area (Å²) in [5.41, 5.74) is 5.08. The summed E-state index contributed by atoms with van der Waals surface area (Å²) in [5, 5.41) is 0. The summed E-state index contributed by atoms with van der Waals surface area (Å²) < 4.78 is 53.2. The van der Waals surface area contributed by atoms with E-state index in [1.54, 1.807) is 6.07 Å². The molecule has 114 valence electrons. The average Bonchev–Trinajstić information content (AvgIpc) is 2.86. The third-order valence-corrected chi connectivity index (χ3v) is 6.16. The van der Waals surface area contributed by atoms with Crippen molar-refractivity contribution in [2.24, 2.45) is 5.73 Å². The molecule has 0 aliphatic carbocycles. The first-order valence-electron chi connectivity index (χ1n) is 5.79. The smallest absolute Gasteiger partial charge is 0.271 e. The van der Waals surface area contributed by atoms with E-state index in [0.717, 1.165) is 22.3 Å². The number of anilines is 1. The number of nitrogens with two attached hydrogens (primary N) is 1. The Bertz CT molecular complexity index is 763. The zero-order chi connectivity index (χ0) is 15.6. The topological polar surface area (TPSA) is 72.2 Å². The van der Waals surface area contributed by atoms with Gasteiger partial charge in [-0.25, -0.2) is 17.2 Å². The number of hydrogen-bond acceptors (Lipinski definition) is 4. The minimum absolute atomic E-state index is 0.0309. The second-order valence-corrected chi connectivity index (χ2v) is 8.04. The van der Waals surface area contributed by atoms with Gasteiger partial charge in [-0.2, -0.15) is 0 Å². The Labute approximate surface area is 133 Å². The Morgan fingerprint density at radius 1 is 1.24 bits per heavy atom. The van der Waals surface area contributed by atoms with Crippen LogP contribution in [0.3, 0.4) is 0 Å². The molecule has 2 aromatic rings. The van der Waals surface area contributed by atoms with Gasteiger partial charge in [-0.1, -0.05) is 0 Å². The SMILES string of the molecule is NCCc1ccc(S(=O)(=O)Nc2cc(Br)c(F)cc2F)s1. The van der Waals surface area contributed by atoms with E-state index in [-0.39, 0.29) is 14.4 Å². The van der Waals surface area contributed by atoms with Gasteiger partial charge in [-0.15, -0.1) is 11.3 Å². The number of hydrogen-bond donors (Lipinski definition) is 2. The summed E-state index contributed by atoms with van der Waals surface area (Å²) >= 11 is 3.94. The van der Waals surface area contributed by atoms with Gasteiger partial charge in [-0.3, -0.25) is 4.72 Å². The third-order valence-electron chi connectivity index (χ3n) is 2.55. The highest BCUT2D eigenvalue weighted by Crippen LogP contribution is 2.28. The van der Waals surface area contributed by atoms with Gasteiger partial charge >= 0.3 is 0 Å². The van der Waals surface area contributed by atoms with Crippen LogP contribution < -0.4 is 10.5 Å². The highest BCUT2D eigenvalue weighted by atomic mass is 79.9. The Morgan fingerprint density at radius 3 is 2.62 bits per heavy atom. The van der Waals surface area contributed by atoms with Gasteiger partial charge in [0.2, 0.25) is 0 Å².